The van der Waals surface area contributed by atoms with Crippen LogP contribution in [0.3, 0.4) is 0 Å². The average molecular weight is 643 g/mol. The van der Waals surface area contributed by atoms with Crippen molar-refractivity contribution in [1.29, 1.82) is 0 Å². The van der Waals surface area contributed by atoms with Crippen LogP contribution in [-0.2, 0) is 10.0 Å². The van der Waals surface area contributed by atoms with E-state index >= 15 is 0 Å². The van der Waals surface area contributed by atoms with E-state index in [1.807, 2.05) is 60.7 Å². The first kappa shape index (κ1) is 30.3. The maximum absolute atomic E-state index is 14.1. The highest BCUT2D eigenvalue weighted by Crippen LogP contribution is 2.35. The Morgan fingerprint density at radius 3 is 2.34 bits per heavy atom. The highest BCUT2D eigenvalue weighted by molar-refractivity contribution is 7.93. The minimum Gasteiger partial charge on any atom is -0.495 e. The fourth-order valence-corrected chi connectivity index (χ4v) is 7.60. The van der Waals surface area contributed by atoms with E-state index in [1.165, 1.54) is 13.2 Å². The number of hydrogen-bond donors (Lipinski definition) is 2. The molecule has 1 amide bonds. The summed E-state index contributed by atoms with van der Waals surface area (Å²) in [5.74, 6) is 0.0449. The number of fused-ring (bicyclic) bond motifs is 2. The van der Waals surface area contributed by atoms with E-state index in [0.29, 0.717) is 45.0 Å². The lowest BCUT2D eigenvalue weighted by molar-refractivity contribution is 0.102. The first-order chi connectivity index (χ1) is 22.9. The number of aromatic nitrogens is 1. The number of nitrogens with zero attached hydrogens (tertiary/aromatic N) is 2. The quantitative estimate of drug-likeness (QED) is 0.174. The number of carbonyl (C=O) groups is 1. The Labute approximate surface area is 274 Å². The molecule has 0 saturated carbocycles. The van der Waals surface area contributed by atoms with Crippen LogP contribution in [0.4, 0.5) is 17.1 Å². The number of amides is 1. The fourth-order valence-electron chi connectivity index (χ4n) is 6.28. The van der Waals surface area contributed by atoms with Crippen molar-refractivity contribution in [3.8, 4) is 17.0 Å². The second-order valence-corrected chi connectivity index (χ2v) is 13.2. The SMILES string of the molecule is COc1ccccc1NS(=O)(=O)c1cc(NC(=O)c2cc(-c3cccc4ccccc34)nc3ccccc23)ccc1N1CCCCC1. The molecule has 5 aromatic carbocycles. The number of para-hydroxylation sites is 3. The smallest absolute Gasteiger partial charge is 0.264 e. The number of nitrogens with one attached hydrogen (secondary N) is 2. The Balaban J connectivity index is 1.29. The standard InChI is InChI=1S/C38H34N4O4S/c1-46-36-19-8-7-18-33(36)41-47(44,45)37-24-27(20-21-35(37)42-22-9-2-10-23-42)39-38(43)31-25-34(40-32-17-6-5-15-30(31)32)29-16-11-13-26-12-3-4-14-28(26)29/h3-8,11-21,24-25,41H,2,9-10,22-23H2,1H3,(H,39,43). The zero-order valence-corrected chi connectivity index (χ0v) is 26.8. The van der Waals surface area contributed by atoms with Crippen molar-refractivity contribution < 1.29 is 17.9 Å². The van der Waals surface area contributed by atoms with Crippen molar-refractivity contribution in [2.75, 3.05) is 35.1 Å². The predicted octanol–water partition coefficient (Wildman–Crippen LogP) is 8.11. The molecule has 236 valence electrons. The number of hydrogen-bond acceptors (Lipinski definition) is 6. The van der Waals surface area contributed by atoms with Gasteiger partial charge in [-0.1, -0.05) is 72.8 Å². The van der Waals surface area contributed by atoms with Gasteiger partial charge in [-0.3, -0.25) is 9.52 Å². The number of piperidine rings is 1. The molecule has 9 heteroatoms. The van der Waals surface area contributed by atoms with Gasteiger partial charge in [-0.2, -0.15) is 0 Å². The number of benzene rings is 5. The Bertz CT molecular complexity index is 2220. The number of rotatable bonds is 8. The van der Waals surface area contributed by atoms with E-state index in [2.05, 4.69) is 27.1 Å². The minimum atomic E-state index is -4.08. The van der Waals surface area contributed by atoms with Crippen LogP contribution in [0.1, 0.15) is 29.6 Å². The summed E-state index contributed by atoms with van der Waals surface area (Å²) in [4.78, 5) is 21.2. The van der Waals surface area contributed by atoms with Gasteiger partial charge in [0.2, 0.25) is 0 Å². The number of anilines is 3. The van der Waals surface area contributed by atoms with Gasteiger partial charge in [0.05, 0.1) is 35.3 Å². The van der Waals surface area contributed by atoms with Gasteiger partial charge in [0.1, 0.15) is 10.6 Å². The molecular formula is C38H34N4O4S. The van der Waals surface area contributed by atoms with E-state index in [0.717, 1.165) is 48.7 Å². The Hall–Kier alpha value is -5.41. The summed E-state index contributed by atoms with van der Waals surface area (Å²) in [5.41, 5.74) is 4.02. The summed E-state index contributed by atoms with van der Waals surface area (Å²) < 4.78 is 36.1. The highest BCUT2D eigenvalue weighted by Gasteiger charge is 2.26. The summed E-state index contributed by atoms with van der Waals surface area (Å²) in [6.07, 6.45) is 3.06. The van der Waals surface area contributed by atoms with Gasteiger partial charge in [-0.25, -0.2) is 13.4 Å². The zero-order valence-electron chi connectivity index (χ0n) is 25.9. The predicted molar refractivity (Wildman–Crippen MR) is 189 cm³/mol. The molecule has 0 radical (unpaired) electrons. The van der Waals surface area contributed by atoms with E-state index < -0.39 is 10.0 Å². The molecule has 2 heterocycles. The molecule has 47 heavy (non-hydrogen) atoms. The lowest BCUT2D eigenvalue weighted by Gasteiger charge is -2.30. The number of pyridine rings is 1. The number of methoxy groups -OCH3 is 1. The molecule has 0 spiro atoms. The summed E-state index contributed by atoms with van der Waals surface area (Å²) in [6, 6.07) is 35.4. The van der Waals surface area contributed by atoms with E-state index in [1.54, 1.807) is 36.4 Å². The summed E-state index contributed by atoms with van der Waals surface area (Å²) >= 11 is 0. The molecule has 0 aliphatic carbocycles. The maximum Gasteiger partial charge on any atom is 0.264 e. The van der Waals surface area contributed by atoms with Crippen LogP contribution in [0.15, 0.2) is 120 Å². The van der Waals surface area contributed by atoms with Gasteiger partial charge < -0.3 is 15.0 Å². The Kier molecular flexibility index (Phi) is 8.22. The second kappa shape index (κ2) is 12.8. The van der Waals surface area contributed by atoms with Crippen molar-refractivity contribution in [2.45, 2.75) is 24.2 Å². The van der Waals surface area contributed by atoms with Gasteiger partial charge >= 0.3 is 0 Å². The molecule has 0 bridgehead atoms. The molecule has 8 nitrogen and oxygen atoms in total. The van der Waals surface area contributed by atoms with Crippen LogP contribution in [0.25, 0.3) is 32.9 Å². The van der Waals surface area contributed by atoms with Crippen LogP contribution in [0.5, 0.6) is 5.75 Å². The third kappa shape index (κ3) is 6.09. The lowest BCUT2D eigenvalue weighted by Crippen LogP contribution is -2.31. The Morgan fingerprint density at radius 2 is 1.51 bits per heavy atom. The third-order valence-electron chi connectivity index (χ3n) is 8.58. The minimum absolute atomic E-state index is 0.0825. The number of carbonyl (C=O) groups excluding carboxylic acids is 1. The van der Waals surface area contributed by atoms with Crippen LogP contribution < -0.4 is 19.7 Å². The molecule has 7 rings (SSSR count). The van der Waals surface area contributed by atoms with Crippen LogP contribution in [0, 0.1) is 0 Å². The van der Waals surface area contributed by atoms with Crippen LogP contribution in [-0.4, -0.2) is 39.5 Å². The molecule has 0 atom stereocenters. The fraction of sp³-hybridized carbons (Fsp3) is 0.158. The van der Waals surface area contributed by atoms with Gasteiger partial charge in [0, 0.05) is 29.7 Å². The second-order valence-electron chi connectivity index (χ2n) is 11.6. The van der Waals surface area contributed by atoms with Gasteiger partial charge in [-0.15, -0.1) is 0 Å². The zero-order chi connectivity index (χ0) is 32.4. The van der Waals surface area contributed by atoms with Gasteiger partial charge in [0.15, 0.2) is 0 Å². The van der Waals surface area contributed by atoms with Crippen molar-refractivity contribution in [3.63, 3.8) is 0 Å². The summed E-state index contributed by atoms with van der Waals surface area (Å²) in [6.45, 7) is 1.51. The van der Waals surface area contributed by atoms with Crippen LogP contribution >= 0.6 is 0 Å². The van der Waals surface area contributed by atoms with Crippen molar-refractivity contribution in [3.05, 3.63) is 121 Å². The first-order valence-corrected chi connectivity index (χ1v) is 17.1. The lowest BCUT2D eigenvalue weighted by atomic mass is 9.99. The van der Waals surface area contributed by atoms with Crippen molar-refractivity contribution in [2.24, 2.45) is 0 Å². The largest absolute Gasteiger partial charge is 0.495 e. The number of ether oxygens (including phenoxy) is 1. The molecule has 1 aromatic heterocycles. The number of sulfonamides is 1. The third-order valence-corrected chi connectivity index (χ3v) is 9.98. The average Bonchev–Trinajstić information content (AvgIpc) is 3.11. The molecule has 1 aliphatic rings. The molecule has 0 unspecified atom stereocenters. The van der Waals surface area contributed by atoms with Crippen molar-refractivity contribution >= 4 is 54.7 Å². The molecular weight excluding hydrogens is 609 g/mol. The van der Waals surface area contributed by atoms with E-state index in [9.17, 15) is 13.2 Å². The summed E-state index contributed by atoms with van der Waals surface area (Å²) in [7, 11) is -2.58. The molecule has 2 N–H and O–H groups in total. The Morgan fingerprint density at radius 1 is 0.787 bits per heavy atom. The van der Waals surface area contributed by atoms with E-state index in [-0.39, 0.29) is 10.8 Å². The molecule has 6 aromatic rings. The monoisotopic (exact) mass is 642 g/mol. The molecule has 1 aliphatic heterocycles. The van der Waals surface area contributed by atoms with Gasteiger partial charge in [0.25, 0.3) is 15.9 Å². The molecule has 1 saturated heterocycles. The highest BCUT2D eigenvalue weighted by atomic mass is 32.2. The van der Waals surface area contributed by atoms with Crippen LogP contribution in [0.2, 0.25) is 0 Å². The van der Waals surface area contributed by atoms with Crippen molar-refractivity contribution in [1.82, 2.24) is 4.98 Å². The molecule has 1 fully saturated rings. The first-order valence-electron chi connectivity index (χ1n) is 15.7. The van der Waals surface area contributed by atoms with E-state index in [4.69, 9.17) is 9.72 Å². The maximum atomic E-state index is 14.1. The van der Waals surface area contributed by atoms with Gasteiger partial charge in [-0.05, 0) is 72.5 Å². The topological polar surface area (TPSA) is 101 Å². The normalized spacial score (nSPS) is 13.4. The summed E-state index contributed by atoms with van der Waals surface area (Å²) in [5, 5.41) is 5.81.